The summed E-state index contributed by atoms with van der Waals surface area (Å²) in [6.45, 7) is -0.858. The van der Waals surface area contributed by atoms with Crippen LogP contribution in [0.15, 0.2) is 16.9 Å². The average molecular weight is 282 g/mol. The summed E-state index contributed by atoms with van der Waals surface area (Å²) < 4.78 is 28.6. The molecule has 1 aromatic heterocycles. The van der Waals surface area contributed by atoms with E-state index in [0.29, 0.717) is 4.60 Å². The van der Waals surface area contributed by atoms with Gasteiger partial charge in [-0.05, 0) is 22.0 Å². The Kier molecular flexibility index (Phi) is 3.96. The highest BCUT2D eigenvalue weighted by atomic mass is 79.9. The molecule has 0 unspecified atom stereocenters. The molecule has 0 fully saturated rings. The van der Waals surface area contributed by atoms with Gasteiger partial charge in [-0.2, -0.15) is 0 Å². The Bertz CT molecular complexity index is 373. The second-order valence-electron chi connectivity index (χ2n) is 2.51. The summed E-state index contributed by atoms with van der Waals surface area (Å²) in [4.78, 5) is 14.4. The van der Waals surface area contributed by atoms with Gasteiger partial charge in [0.05, 0.1) is 6.20 Å². The zero-order valence-corrected chi connectivity index (χ0v) is 8.87. The Labute approximate surface area is 92.0 Å². The number of aromatic carboxylic acids is 1. The minimum Gasteiger partial charge on any atom is -0.485 e. The Balaban J connectivity index is 2.91. The van der Waals surface area contributed by atoms with Crippen LogP contribution in [0.4, 0.5) is 8.78 Å². The van der Waals surface area contributed by atoms with Crippen LogP contribution in [0, 0.1) is 0 Å². The van der Waals surface area contributed by atoms with Gasteiger partial charge < -0.3 is 9.84 Å². The molecule has 15 heavy (non-hydrogen) atoms. The van der Waals surface area contributed by atoms with Gasteiger partial charge in [-0.1, -0.05) is 0 Å². The standard InChI is InChI=1S/C8H6BrF2NO3/c9-6-1-4(8(13)14)5(2-12-6)15-3-7(10)11/h1-2,7H,3H2,(H,13,14). The van der Waals surface area contributed by atoms with E-state index in [1.807, 2.05) is 0 Å². The fourth-order valence-corrected chi connectivity index (χ4v) is 1.18. The van der Waals surface area contributed by atoms with Crippen LogP contribution >= 0.6 is 15.9 Å². The highest BCUT2D eigenvalue weighted by molar-refractivity contribution is 9.10. The quantitative estimate of drug-likeness (QED) is 0.860. The number of halogens is 3. The van der Waals surface area contributed by atoms with E-state index in [4.69, 9.17) is 5.11 Å². The Morgan fingerprint density at radius 1 is 1.67 bits per heavy atom. The molecule has 1 rings (SSSR count). The number of carboxylic acid groups (broad SMARTS) is 1. The van der Waals surface area contributed by atoms with Crippen molar-refractivity contribution >= 4 is 21.9 Å². The number of alkyl halides is 2. The molecule has 1 N–H and O–H groups in total. The lowest BCUT2D eigenvalue weighted by atomic mass is 10.2. The molecule has 0 saturated heterocycles. The molecule has 4 nitrogen and oxygen atoms in total. The summed E-state index contributed by atoms with van der Waals surface area (Å²) in [6.07, 6.45) is -1.58. The van der Waals surface area contributed by atoms with Crippen LogP contribution in [0.5, 0.6) is 5.75 Å². The SMILES string of the molecule is O=C(O)c1cc(Br)ncc1OCC(F)F. The van der Waals surface area contributed by atoms with Gasteiger partial charge >= 0.3 is 5.97 Å². The van der Waals surface area contributed by atoms with E-state index in [9.17, 15) is 13.6 Å². The van der Waals surface area contributed by atoms with E-state index >= 15 is 0 Å². The van der Waals surface area contributed by atoms with Crippen molar-refractivity contribution in [3.05, 3.63) is 22.4 Å². The van der Waals surface area contributed by atoms with Crippen molar-refractivity contribution in [2.75, 3.05) is 6.61 Å². The van der Waals surface area contributed by atoms with Crippen molar-refractivity contribution in [1.29, 1.82) is 0 Å². The molecule has 0 bridgehead atoms. The van der Waals surface area contributed by atoms with E-state index in [1.165, 1.54) is 6.07 Å². The average Bonchev–Trinajstić information content (AvgIpc) is 2.15. The molecule has 0 radical (unpaired) electrons. The van der Waals surface area contributed by atoms with E-state index in [1.54, 1.807) is 0 Å². The van der Waals surface area contributed by atoms with Crippen LogP contribution in [0.1, 0.15) is 10.4 Å². The van der Waals surface area contributed by atoms with Crippen molar-refractivity contribution in [2.45, 2.75) is 6.43 Å². The highest BCUT2D eigenvalue weighted by Gasteiger charge is 2.14. The molecule has 0 aliphatic rings. The largest absolute Gasteiger partial charge is 0.485 e. The zero-order chi connectivity index (χ0) is 11.4. The molecule has 0 aliphatic heterocycles. The topological polar surface area (TPSA) is 59.4 Å². The van der Waals surface area contributed by atoms with Crippen molar-refractivity contribution < 1.29 is 23.4 Å². The molecule has 0 saturated carbocycles. The second kappa shape index (κ2) is 5.01. The van der Waals surface area contributed by atoms with Crippen LogP contribution < -0.4 is 4.74 Å². The molecule has 82 valence electrons. The van der Waals surface area contributed by atoms with Crippen molar-refractivity contribution in [3.63, 3.8) is 0 Å². The third-order valence-electron chi connectivity index (χ3n) is 1.43. The predicted molar refractivity (Wildman–Crippen MR) is 50.4 cm³/mol. The molecule has 0 amide bonds. The maximum atomic E-state index is 11.8. The molecular formula is C8H6BrF2NO3. The molecule has 1 heterocycles. The summed E-state index contributed by atoms with van der Waals surface area (Å²) in [5.74, 6) is -1.44. The summed E-state index contributed by atoms with van der Waals surface area (Å²) >= 11 is 2.97. The fraction of sp³-hybridized carbons (Fsp3) is 0.250. The van der Waals surface area contributed by atoms with Gasteiger partial charge in [-0.15, -0.1) is 0 Å². The van der Waals surface area contributed by atoms with Crippen LogP contribution in [0.2, 0.25) is 0 Å². The Morgan fingerprint density at radius 2 is 2.33 bits per heavy atom. The first kappa shape index (κ1) is 11.8. The number of hydrogen-bond donors (Lipinski definition) is 1. The second-order valence-corrected chi connectivity index (χ2v) is 3.32. The van der Waals surface area contributed by atoms with Crippen LogP contribution in [-0.4, -0.2) is 29.1 Å². The molecule has 0 atom stereocenters. The van der Waals surface area contributed by atoms with Crippen molar-refractivity contribution in [3.8, 4) is 5.75 Å². The third kappa shape index (κ3) is 3.43. The number of aromatic nitrogens is 1. The number of ether oxygens (including phenoxy) is 1. The van der Waals surface area contributed by atoms with Crippen molar-refractivity contribution in [1.82, 2.24) is 4.98 Å². The summed E-state index contributed by atoms with van der Waals surface area (Å²) in [7, 11) is 0. The summed E-state index contributed by atoms with van der Waals surface area (Å²) in [5.41, 5.74) is -0.211. The Hall–Kier alpha value is -1.24. The summed E-state index contributed by atoms with van der Waals surface area (Å²) in [5, 5.41) is 8.74. The van der Waals surface area contributed by atoms with Gasteiger partial charge in [0, 0.05) is 0 Å². The van der Waals surface area contributed by atoms with E-state index < -0.39 is 19.0 Å². The highest BCUT2D eigenvalue weighted by Crippen LogP contribution is 2.21. The number of nitrogens with zero attached hydrogens (tertiary/aromatic N) is 1. The van der Waals surface area contributed by atoms with Gasteiger partial charge in [0.15, 0.2) is 5.75 Å². The molecule has 0 aromatic carbocycles. The molecule has 0 aliphatic carbocycles. The number of carboxylic acids is 1. The van der Waals surface area contributed by atoms with E-state index in [0.717, 1.165) is 6.20 Å². The Morgan fingerprint density at radius 3 is 2.87 bits per heavy atom. The normalized spacial score (nSPS) is 10.4. The lowest BCUT2D eigenvalue weighted by Gasteiger charge is -2.07. The first-order chi connectivity index (χ1) is 7.00. The first-order valence-corrected chi connectivity index (χ1v) is 4.60. The van der Waals surface area contributed by atoms with Gasteiger partial charge in [0.1, 0.15) is 16.8 Å². The van der Waals surface area contributed by atoms with Crippen LogP contribution in [0.3, 0.4) is 0 Å². The van der Waals surface area contributed by atoms with E-state index in [-0.39, 0.29) is 11.3 Å². The number of hydrogen-bond acceptors (Lipinski definition) is 3. The van der Waals surface area contributed by atoms with Crippen LogP contribution in [-0.2, 0) is 0 Å². The summed E-state index contributed by atoms with van der Waals surface area (Å²) in [6, 6.07) is 1.18. The maximum absolute atomic E-state index is 11.8. The molecule has 7 heteroatoms. The zero-order valence-electron chi connectivity index (χ0n) is 7.28. The smallest absolute Gasteiger partial charge is 0.339 e. The third-order valence-corrected chi connectivity index (χ3v) is 1.86. The molecule has 1 aromatic rings. The monoisotopic (exact) mass is 281 g/mol. The minimum absolute atomic E-state index is 0.175. The lowest BCUT2D eigenvalue weighted by Crippen LogP contribution is -2.10. The van der Waals surface area contributed by atoms with Gasteiger partial charge in [-0.3, -0.25) is 0 Å². The van der Waals surface area contributed by atoms with Gasteiger partial charge in [0.2, 0.25) is 0 Å². The van der Waals surface area contributed by atoms with E-state index in [2.05, 4.69) is 25.7 Å². The molecular weight excluding hydrogens is 276 g/mol. The number of pyridine rings is 1. The predicted octanol–water partition coefficient (Wildman–Crippen LogP) is 2.19. The van der Waals surface area contributed by atoms with Crippen LogP contribution in [0.25, 0.3) is 0 Å². The molecule has 0 spiro atoms. The minimum atomic E-state index is -2.66. The maximum Gasteiger partial charge on any atom is 0.339 e. The van der Waals surface area contributed by atoms with Crippen molar-refractivity contribution in [2.24, 2.45) is 0 Å². The number of rotatable bonds is 4. The lowest BCUT2D eigenvalue weighted by molar-refractivity contribution is 0.0663. The first-order valence-electron chi connectivity index (χ1n) is 3.80. The number of carbonyl (C=O) groups is 1. The fourth-order valence-electron chi connectivity index (χ4n) is 0.852. The van der Waals surface area contributed by atoms with Gasteiger partial charge in [-0.25, -0.2) is 18.6 Å². The van der Waals surface area contributed by atoms with Gasteiger partial charge in [0.25, 0.3) is 6.43 Å².